The average Bonchev–Trinajstić information content (AvgIpc) is 1.78. The lowest BCUT2D eigenvalue weighted by Gasteiger charge is -2.27. The van der Waals surface area contributed by atoms with Crippen molar-refractivity contribution in [3.63, 3.8) is 0 Å². The van der Waals surface area contributed by atoms with Gasteiger partial charge in [0.15, 0.2) is 0 Å². The van der Waals surface area contributed by atoms with Gasteiger partial charge in [-0.05, 0) is 0 Å². The third kappa shape index (κ3) is 2.77. The molecule has 0 saturated carbocycles. The van der Waals surface area contributed by atoms with Crippen LogP contribution in [0.1, 0.15) is 12.8 Å². The second-order valence-corrected chi connectivity index (χ2v) is 2.39. The van der Waals surface area contributed by atoms with Crippen molar-refractivity contribution in [2.24, 2.45) is 5.84 Å². The minimum Gasteiger partial charge on any atom is -0.269 e. The molecule has 0 unspecified atom stereocenters. The van der Waals surface area contributed by atoms with Gasteiger partial charge in [0.05, 0.1) is 0 Å². The van der Waals surface area contributed by atoms with Gasteiger partial charge in [-0.25, -0.2) is 13.8 Å². The molecule has 0 spiro atoms. The summed E-state index contributed by atoms with van der Waals surface area (Å²) in [5.41, 5.74) is 0. The number of hydrogen-bond acceptors (Lipinski definition) is 2. The summed E-state index contributed by atoms with van der Waals surface area (Å²) in [4.78, 5) is 0. The zero-order chi connectivity index (χ0) is 6.91. The molecule has 1 aliphatic heterocycles. The van der Waals surface area contributed by atoms with Gasteiger partial charge in [-0.15, -0.1) is 12.4 Å². The van der Waals surface area contributed by atoms with E-state index in [9.17, 15) is 8.78 Å². The third-order valence-corrected chi connectivity index (χ3v) is 1.53. The van der Waals surface area contributed by atoms with Crippen molar-refractivity contribution in [3.8, 4) is 0 Å². The Morgan fingerprint density at radius 1 is 1.20 bits per heavy atom. The van der Waals surface area contributed by atoms with E-state index >= 15 is 0 Å². The molecular weight excluding hydrogens is 162 g/mol. The van der Waals surface area contributed by atoms with Gasteiger partial charge in [0.25, 0.3) is 5.92 Å². The second kappa shape index (κ2) is 3.46. The molecule has 0 atom stereocenters. The van der Waals surface area contributed by atoms with E-state index < -0.39 is 5.92 Å². The lowest BCUT2D eigenvalue weighted by atomic mass is 10.1. The van der Waals surface area contributed by atoms with Crippen LogP contribution in [-0.4, -0.2) is 24.0 Å². The number of piperidine rings is 1. The van der Waals surface area contributed by atoms with Crippen molar-refractivity contribution in [2.45, 2.75) is 18.8 Å². The first-order valence-corrected chi connectivity index (χ1v) is 2.98. The lowest BCUT2D eigenvalue weighted by molar-refractivity contribution is -0.0554. The summed E-state index contributed by atoms with van der Waals surface area (Å²) in [5.74, 6) is 2.79. The normalized spacial score (nSPS) is 25.5. The molecule has 1 rings (SSSR count). The quantitative estimate of drug-likeness (QED) is 0.553. The average molecular weight is 173 g/mol. The van der Waals surface area contributed by atoms with Gasteiger partial charge < -0.3 is 0 Å². The molecule has 5 heteroatoms. The summed E-state index contributed by atoms with van der Waals surface area (Å²) in [5, 5.41) is 1.43. The van der Waals surface area contributed by atoms with Gasteiger partial charge >= 0.3 is 0 Å². The molecule has 62 valence electrons. The van der Waals surface area contributed by atoms with E-state index in [1.54, 1.807) is 0 Å². The van der Waals surface area contributed by atoms with Crippen LogP contribution < -0.4 is 5.84 Å². The number of hydrogen-bond donors (Lipinski definition) is 1. The molecule has 0 radical (unpaired) electrons. The molecule has 0 aromatic rings. The fraction of sp³-hybridized carbons (Fsp3) is 1.00. The maximum Gasteiger partial charge on any atom is 0.250 e. The summed E-state index contributed by atoms with van der Waals surface area (Å²) < 4.78 is 24.6. The molecule has 1 fully saturated rings. The summed E-state index contributed by atoms with van der Waals surface area (Å²) >= 11 is 0. The highest BCUT2D eigenvalue weighted by atomic mass is 35.5. The number of rotatable bonds is 0. The molecule has 2 N–H and O–H groups in total. The standard InChI is InChI=1S/C5H10F2N2.ClH/c6-5(7)1-3-9(8)4-2-5;/h1-4,8H2;1H. The van der Waals surface area contributed by atoms with Crippen LogP contribution in [0.5, 0.6) is 0 Å². The molecule has 1 heterocycles. The Labute approximate surface area is 64.7 Å². The van der Waals surface area contributed by atoms with E-state index in [1.807, 2.05) is 0 Å². The molecule has 0 bridgehead atoms. The summed E-state index contributed by atoms with van der Waals surface area (Å²) in [6.45, 7) is 0.625. The monoisotopic (exact) mass is 172 g/mol. The molecular formula is C5H11ClF2N2. The van der Waals surface area contributed by atoms with Crippen molar-refractivity contribution < 1.29 is 8.78 Å². The molecule has 0 aromatic heterocycles. The zero-order valence-corrected chi connectivity index (χ0v) is 6.33. The number of halogens is 3. The Hall–Kier alpha value is 0.0700. The Morgan fingerprint density at radius 3 is 1.90 bits per heavy atom. The minimum atomic E-state index is -2.46. The number of hydrazine groups is 1. The van der Waals surface area contributed by atoms with E-state index in [2.05, 4.69) is 0 Å². The number of nitrogens with two attached hydrogens (primary N) is 1. The van der Waals surface area contributed by atoms with E-state index in [4.69, 9.17) is 5.84 Å². The molecule has 2 nitrogen and oxygen atoms in total. The first kappa shape index (κ1) is 10.1. The highest BCUT2D eigenvalue weighted by Gasteiger charge is 2.32. The highest BCUT2D eigenvalue weighted by Crippen LogP contribution is 2.25. The molecule has 0 aromatic carbocycles. The largest absolute Gasteiger partial charge is 0.269 e. The lowest BCUT2D eigenvalue weighted by Crippen LogP contribution is -2.43. The van der Waals surface area contributed by atoms with Gasteiger partial charge in [0.1, 0.15) is 0 Å². The first-order chi connectivity index (χ1) is 4.10. The van der Waals surface area contributed by atoms with Gasteiger partial charge in [0, 0.05) is 25.9 Å². The molecule has 0 amide bonds. The molecule has 1 saturated heterocycles. The smallest absolute Gasteiger partial charge is 0.250 e. The SMILES string of the molecule is Cl.NN1CCC(F)(F)CC1. The number of nitrogens with zero attached hydrogens (tertiary/aromatic N) is 1. The molecule has 0 aliphatic carbocycles. The Balaban J connectivity index is 0.000000810. The summed E-state index contributed by atoms with van der Waals surface area (Å²) in [7, 11) is 0. The Morgan fingerprint density at radius 2 is 1.60 bits per heavy atom. The van der Waals surface area contributed by atoms with E-state index in [0.717, 1.165) is 0 Å². The van der Waals surface area contributed by atoms with Gasteiger partial charge in [-0.2, -0.15) is 0 Å². The van der Waals surface area contributed by atoms with Crippen LogP contribution in [0.2, 0.25) is 0 Å². The van der Waals surface area contributed by atoms with Crippen molar-refractivity contribution in [1.29, 1.82) is 0 Å². The summed E-state index contributed by atoms with van der Waals surface area (Å²) in [6.07, 6.45) is -0.188. The molecule has 10 heavy (non-hydrogen) atoms. The van der Waals surface area contributed by atoms with Crippen molar-refractivity contribution in [3.05, 3.63) is 0 Å². The maximum atomic E-state index is 12.3. The van der Waals surface area contributed by atoms with Crippen LogP contribution in [0.15, 0.2) is 0 Å². The number of alkyl halides is 2. The maximum absolute atomic E-state index is 12.3. The van der Waals surface area contributed by atoms with Crippen molar-refractivity contribution >= 4 is 12.4 Å². The third-order valence-electron chi connectivity index (χ3n) is 1.53. The van der Waals surface area contributed by atoms with Crippen LogP contribution in [-0.2, 0) is 0 Å². The Kier molecular flexibility index (Phi) is 3.48. The van der Waals surface area contributed by atoms with Crippen molar-refractivity contribution in [2.75, 3.05) is 13.1 Å². The van der Waals surface area contributed by atoms with Crippen LogP contribution in [0.4, 0.5) is 8.78 Å². The molecule has 1 aliphatic rings. The van der Waals surface area contributed by atoms with Crippen molar-refractivity contribution in [1.82, 2.24) is 5.01 Å². The van der Waals surface area contributed by atoms with E-state index in [0.29, 0.717) is 13.1 Å². The van der Waals surface area contributed by atoms with Gasteiger partial charge in [0.2, 0.25) is 0 Å². The van der Waals surface area contributed by atoms with Crippen LogP contribution in [0, 0.1) is 0 Å². The predicted molar refractivity (Wildman–Crippen MR) is 37.2 cm³/mol. The van der Waals surface area contributed by atoms with Crippen LogP contribution in [0.3, 0.4) is 0 Å². The van der Waals surface area contributed by atoms with Crippen LogP contribution in [0.25, 0.3) is 0 Å². The highest BCUT2D eigenvalue weighted by molar-refractivity contribution is 5.85. The van der Waals surface area contributed by atoms with Gasteiger partial charge in [-0.3, -0.25) is 5.84 Å². The van der Waals surface area contributed by atoms with E-state index in [-0.39, 0.29) is 25.2 Å². The second-order valence-electron chi connectivity index (χ2n) is 2.39. The fourth-order valence-corrected chi connectivity index (χ4v) is 0.851. The zero-order valence-electron chi connectivity index (χ0n) is 5.52. The predicted octanol–water partition coefficient (Wildman–Crippen LogP) is 1.01. The van der Waals surface area contributed by atoms with Gasteiger partial charge in [-0.1, -0.05) is 0 Å². The Bertz CT molecular complexity index is 99.8. The minimum absolute atomic E-state index is 0. The summed E-state index contributed by atoms with van der Waals surface area (Å²) in [6, 6.07) is 0. The fourth-order valence-electron chi connectivity index (χ4n) is 0.851. The topological polar surface area (TPSA) is 29.3 Å². The van der Waals surface area contributed by atoms with E-state index in [1.165, 1.54) is 5.01 Å². The van der Waals surface area contributed by atoms with Crippen LogP contribution >= 0.6 is 12.4 Å². The first-order valence-electron chi connectivity index (χ1n) is 2.98.